The Bertz CT molecular complexity index is 687. The summed E-state index contributed by atoms with van der Waals surface area (Å²) < 4.78 is 11.4. The molecule has 2 amide bonds. The Labute approximate surface area is 159 Å². The van der Waals surface area contributed by atoms with Crippen molar-refractivity contribution in [3.63, 3.8) is 0 Å². The summed E-state index contributed by atoms with van der Waals surface area (Å²) in [6, 6.07) is -0.329. The van der Waals surface area contributed by atoms with Crippen LogP contribution in [0.25, 0.3) is 0 Å². The maximum absolute atomic E-state index is 12.0. The van der Waals surface area contributed by atoms with Crippen molar-refractivity contribution in [1.82, 2.24) is 20.8 Å². The molecule has 1 aromatic heterocycles. The summed E-state index contributed by atoms with van der Waals surface area (Å²) in [4.78, 5) is 23.6. The van der Waals surface area contributed by atoms with Gasteiger partial charge in [-0.1, -0.05) is 23.1 Å². The van der Waals surface area contributed by atoms with E-state index in [1.165, 1.54) is 23.1 Å². The van der Waals surface area contributed by atoms with E-state index in [1.807, 2.05) is 0 Å². The average molecular weight is 399 g/mol. The molecule has 1 saturated heterocycles. The van der Waals surface area contributed by atoms with Gasteiger partial charge in [0, 0.05) is 24.6 Å². The summed E-state index contributed by atoms with van der Waals surface area (Å²) >= 11 is 2.85. The number of urea groups is 1. The zero-order valence-corrected chi connectivity index (χ0v) is 16.0. The summed E-state index contributed by atoms with van der Waals surface area (Å²) in [7, 11) is 0. The molecule has 1 aromatic rings. The maximum Gasteiger partial charge on any atom is 0.337 e. The zero-order chi connectivity index (χ0) is 18.4. The molecule has 0 aliphatic carbocycles. The lowest BCUT2D eigenvalue weighted by Crippen LogP contribution is -2.44. The predicted octanol–water partition coefficient (Wildman–Crippen LogP) is 1.35. The Balaban J connectivity index is 1.56. The highest BCUT2D eigenvalue weighted by Crippen LogP contribution is 2.28. The number of nitrogens with zero attached hydrogens (tertiary/aromatic N) is 2. The third-order valence-corrected chi connectivity index (χ3v) is 5.87. The van der Waals surface area contributed by atoms with Gasteiger partial charge >= 0.3 is 12.0 Å². The molecule has 0 saturated carbocycles. The molecule has 2 aliphatic rings. The van der Waals surface area contributed by atoms with Crippen molar-refractivity contribution in [2.75, 3.05) is 37.4 Å². The van der Waals surface area contributed by atoms with E-state index in [-0.39, 0.29) is 25.3 Å². The van der Waals surface area contributed by atoms with Crippen LogP contribution in [0.15, 0.2) is 15.6 Å². The van der Waals surface area contributed by atoms with Crippen molar-refractivity contribution < 1.29 is 19.1 Å². The number of amides is 2. The zero-order valence-electron chi connectivity index (χ0n) is 14.4. The van der Waals surface area contributed by atoms with Gasteiger partial charge in [0.25, 0.3) is 0 Å². The molecule has 0 bridgehead atoms. The molecule has 3 rings (SSSR count). The second-order valence-corrected chi connectivity index (χ2v) is 7.86. The van der Waals surface area contributed by atoms with Gasteiger partial charge in [0.1, 0.15) is 0 Å². The predicted molar refractivity (Wildman–Crippen MR) is 98.3 cm³/mol. The molecular formula is C15H21N5O4S2. The van der Waals surface area contributed by atoms with E-state index in [9.17, 15) is 9.59 Å². The van der Waals surface area contributed by atoms with Crippen LogP contribution in [0.5, 0.6) is 0 Å². The van der Waals surface area contributed by atoms with Crippen molar-refractivity contribution in [3.05, 3.63) is 11.3 Å². The molecule has 1 fully saturated rings. The molecule has 3 N–H and O–H groups in total. The second-order valence-electron chi connectivity index (χ2n) is 5.66. The topological polar surface area (TPSA) is 114 Å². The van der Waals surface area contributed by atoms with Crippen molar-refractivity contribution in [3.8, 4) is 0 Å². The third kappa shape index (κ3) is 5.08. The van der Waals surface area contributed by atoms with Crippen LogP contribution in [0, 0.1) is 0 Å². The average Bonchev–Trinajstić information content (AvgIpc) is 3.30. The molecule has 142 valence electrons. The van der Waals surface area contributed by atoms with Crippen molar-refractivity contribution in [1.29, 1.82) is 0 Å². The fourth-order valence-corrected chi connectivity index (χ4v) is 4.29. The number of carbonyl (C=O) groups excluding carboxylic acids is 2. The van der Waals surface area contributed by atoms with E-state index in [4.69, 9.17) is 9.47 Å². The van der Waals surface area contributed by atoms with E-state index in [2.05, 4.69) is 26.1 Å². The number of hydrogen-bond acceptors (Lipinski definition) is 9. The van der Waals surface area contributed by atoms with E-state index in [1.54, 1.807) is 6.92 Å². The monoisotopic (exact) mass is 399 g/mol. The lowest BCUT2D eigenvalue weighted by atomic mass is 10.2. The maximum atomic E-state index is 12.0. The Hall–Kier alpha value is -1.85. The van der Waals surface area contributed by atoms with Crippen molar-refractivity contribution in [2.24, 2.45) is 0 Å². The molecular weight excluding hydrogens is 378 g/mol. The third-order valence-electron chi connectivity index (χ3n) is 3.83. The van der Waals surface area contributed by atoms with Crippen LogP contribution in [0.1, 0.15) is 19.8 Å². The highest BCUT2D eigenvalue weighted by atomic mass is 32.2. The minimum atomic E-state index is -0.424. The Morgan fingerprint density at radius 2 is 2.38 bits per heavy atom. The Morgan fingerprint density at radius 3 is 3.15 bits per heavy atom. The number of aromatic nitrogens is 2. The fourth-order valence-electron chi connectivity index (χ4n) is 2.55. The first-order chi connectivity index (χ1) is 12.7. The van der Waals surface area contributed by atoms with Gasteiger partial charge in [-0.3, -0.25) is 0 Å². The first kappa shape index (κ1) is 18.9. The van der Waals surface area contributed by atoms with Crippen LogP contribution in [-0.4, -0.2) is 60.4 Å². The van der Waals surface area contributed by atoms with Crippen LogP contribution in [0.2, 0.25) is 0 Å². The number of rotatable bonds is 8. The summed E-state index contributed by atoms with van der Waals surface area (Å²) in [5.41, 5.74) is 0.974. The summed E-state index contributed by atoms with van der Waals surface area (Å²) in [6.07, 6.45) is 2.39. The molecule has 0 radical (unpaired) electrons. The van der Waals surface area contributed by atoms with Crippen molar-refractivity contribution >= 4 is 40.2 Å². The second kappa shape index (κ2) is 9.19. The molecule has 11 heteroatoms. The van der Waals surface area contributed by atoms with Crippen LogP contribution in [0.4, 0.5) is 9.93 Å². The number of hydrogen-bond donors (Lipinski definition) is 3. The van der Waals surface area contributed by atoms with E-state index < -0.39 is 5.97 Å². The number of ether oxygens (including phenoxy) is 2. The van der Waals surface area contributed by atoms with Gasteiger partial charge in [0.15, 0.2) is 4.34 Å². The molecule has 1 atom stereocenters. The summed E-state index contributed by atoms with van der Waals surface area (Å²) in [5, 5.41) is 17.5. The molecule has 0 spiro atoms. The molecule has 0 aromatic carbocycles. The van der Waals surface area contributed by atoms with Gasteiger partial charge in [-0.05, 0) is 19.8 Å². The smallest absolute Gasteiger partial charge is 0.337 e. The number of anilines is 1. The van der Waals surface area contributed by atoms with Gasteiger partial charge in [-0.2, -0.15) is 0 Å². The largest absolute Gasteiger partial charge is 0.463 e. The molecule has 3 heterocycles. The minimum absolute atomic E-state index is 0.158. The van der Waals surface area contributed by atoms with Crippen LogP contribution in [0.3, 0.4) is 0 Å². The number of carbonyl (C=O) groups is 2. The first-order valence-corrected chi connectivity index (χ1v) is 10.2. The normalized spacial score (nSPS) is 19.9. The number of nitrogens with one attached hydrogen (secondary N) is 3. The highest BCUT2D eigenvalue weighted by Gasteiger charge is 2.24. The number of thioether (sulfide) groups is 1. The Kier molecular flexibility index (Phi) is 6.69. The molecule has 9 nitrogen and oxygen atoms in total. The van der Waals surface area contributed by atoms with Gasteiger partial charge in [0.2, 0.25) is 5.13 Å². The lowest BCUT2D eigenvalue weighted by molar-refractivity contribution is -0.138. The number of esters is 1. The highest BCUT2D eigenvalue weighted by molar-refractivity contribution is 8.01. The van der Waals surface area contributed by atoms with E-state index >= 15 is 0 Å². The van der Waals surface area contributed by atoms with Gasteiger partial charge in [-0.15, -0.1) is 10.2 Å². The van der Waals surface area contributed by atoms with Crippen LogP contribution < -0.4 is 16.0 Å². The summed E-state index contributed by atoms with van der Waals surface area (Å²) in [6.45, 7) is 3.73. The van der Waals surface area contributed by atoms with Crippen molar-refractivity contribution in [2.45, 2.75) is 30.2 Å². The van der Waals surface area contributed by atoms with E-state index in [0.717, 1.165) is 35.5 Å². The lowest BCUT2D eigenvalue weighted by Gasteiger charge is -2.20. The first-order valence-electron chi connectivity index (χ1n) is 8.41. The fraction of sp³-hybridized carbons (Fsp3) is 0.600. The summed E-state index contributed by atoms with van der Waals surface area (Å²) in [5.74, 6) is -0.0196. The SMILES string of the molecule is CCOC(=O)C1=C(CSc2nnc(NCC3CCCO3)s2)NC(=O)NC1. The van der Waals surface area contributed by atoms with Crippen LogP contribution >= 0.6 is 23.1 Å². The molecule has 26 heavy (non-hydrogen) atoms. The van der Waals surface area contributed by atoms with Gasteiger partial charge in [0.05, 0.1) is 24.8 Å². The van der Waals surface area contributed by atoms with E-state index in [0.29, 0.717) is 17.0 Å². The molecule has 2 aliphatic heterocycles. The molecule has 1 unspecified atom stereocenters. The van der Waals surface area contributed by atoms with Gasteiger partial charge in [-0.25, -0.2) is 9.59 Å². The van der Waals surface area contributed by atoms with Gasteiger partial charge < -0.3 is 25.4 Å². The minimum Gasteiger partial charge on any atom is -0.463 e. The Morgan fingerprint density at radius 1 is 1.50 bits per heavy atom. The standard InChI is InChI=1S/C15H21N5O4S2/c1-2-23-12(21)10-7-16-13(22)18-11(10)8-25-15-20-19-14(26-15)17-6-9-4-3-5-24-9/h9H,2-8H2,1H3,(H,17,19)(H2,16,18,22). The van der Waals surface area contributed by atoms with Crippen LogP contribution in [-0.2, 0) is 14.3 Å². The quantitative estimate of drug-likeness (QED) is 0.443.